The van der Waals surface area contributed by atoms with Crippen LogP contribution in [-0.2, 0) is 6.18 Å². The topological polar surface area (TPSA) is 24.9 Å². The summed E-state index contributed by atoms with van der Waals surface area (Å²) in [5.41, 5.74) is 1.99. The molecule has 1 unspecified atom stereocenters. The Kier molecular flexibility index (Phi) is 4.09. The molecule has 0 fully saturated rings. The molecule has 0 aliphatic carbocycles. The van der Waals surface area contributed by atoms with Gasteiger partial charge in [0.05, 0.1) is 11.6 Å². The third kappa shape index (κ3) is 3.17. The average Bonchev–Trinajstić information content (AvgIpc) is 2.39. The largest absolute Gasteiger partial charge is 0.416 e. The number of aryl methyl sites for hydroxylation is 1. The van der Waals surface area contributed by atoms with Crippen molar-refractivity contribution in [3.8, 4) is 0 Å². The highest BCUT2D eigenvalue weighted by Crippen LogP contribution is 2.30. The summed E-state index contributed by atoms with van der Waals surface area (Å²) < 4.78 is 37.7. The van der Waals surface area contributed by atoms with Crippen molar-refractivity contribution in [1.29, 1.82) is 0 Å². The van der Waals surface area contributed by atoms with E-state index in [0.717, 1.165) is 29.0 Å². The van der Waals surface area contributed by atoms with E-state index in [2.05, 4.69) is 10.3 Å². The molecule has 0 spiro atoms. The summed E-state index contributed by atoms with van der Waals surface area (Å²) >= 11 is 0. The minimum Gasteiger partial charge on any atom is -0.309 e. The Morgan fingerprint density at radius 3 is 2.20 bits per heavy atom. The van der Waals surface area contributed by atoms with Crippen LogP contribution in [0.5, 0.6) is 0 Å². The van der Waals surface area contributed by atoms with Crippen molar-refractivity contribution >= 4 is 0 Å². The molecule has 1 aromatic carbocycles. The van der Waals surface area contributed by atoms with Crippen LogP contribution >= 0.6 is 0 Å². The summed E-state index contributed by atoms with van der Waals surface area (Å²) in [7, 11) is 1.78. The average molecular weight is 280 g/mol. The van der Waals surface area contributed by atoms with Gasteiger partial charge in [0, 0.05) is 11.9 Å². The van der Waals surface area contributed by atoms with Gasteiger partial charge in [0.15, 0.2) is 0 Å². The summed E-state index contributed by atoms with van der Waals surface area (Å²) in [6, 6.07) is 8.82. The summed E-state index contributed by atoms with van der Waals surface area (Å²) in [5, 5.41) is 3.11. The van der Waals surface area contributed by atoms with Gasteiger partial charge in [-0.25, -0.2) is 0 Å². The first-order chi connectivity index (χ1) is 9.41. The number of nitrogens with one attached hydrogen (secondary N) is 1. The van der Waals surface area contributed by atoms with Crippen LogP contribution in [0, 0.1) is 6.92 Å². The number of aromatic nitrogens is 1. The lowest BCUT2D eigenvalue weighted by molar-refractivity contribution is -0.137. The lowest BCUT2D eigenvalue weighted by atomic mass is 9.98. The van der Waals surface area contributed by atoms with Gasteiger partial charge in [-0.1, -0.05) is 12.1 Å². The second kappa shape index (κ2) is 5.63. The number of benzene rings is 1. The number of alkyl halides is 3. The maximum absolute atomic E-state index is 12.6. The van der Waals surface area contributed by atoms with Crippen LogP contribution in [0.25, 0.3) is 0 Å². The van der Waals surface area contributed by atoms with Gasteiger partial charge in [-0.05, 0) is 49.4 Å². The van der Waals surface area contributed by atoms with E-state index in [1.807, 2.05) is 19.1 Å². The molecular weight excluding hydrogens is 265 g/mol. The molecule has 2 nitrogen and oxygen atoms in total. The molecule has 5 heteroatoms. The third-order valence-corrected chi connectivity index (χ3v) is 3.11. The van der Waals surface area contributed by atoms with Gasteiger partial charge in [-0.2, -0.15) is 13.2 Å². The van der Waals surface area contributed by atoms with Gasteiger partial charge in [0.25, 0.3) is 0 Å². The molecule has 0 aliphatic heterocycles. The molecule has 1 atom stereocenters. The minimum absolute atomic E-state index is 0.154. The Morgan fingerprint density at radius 2 is 1.70 bits per heavy atom. The summed E-state index contributed by atoms with van der Waals surface area (Å²) in [6.45, 7) is 1.88. The summed E-state index contributed by atoms with van der Waals surface area (Å²) in [4.78, 5) is 4.12. The standard InChI is InChI=1S/C15H15F3N2/c1-10-9-12(7-8-20-10)14(19-2)11-3-5-13(6-4-11)15(16,17)18/h3-9,14,19H,1-2H3. The van der Waals surface area contributed by atoms with Crippen LogP contribution in [-0.4, -0.2) is 12.0 Å². The van der Waals surface area contributed by atoms with Gasteiger partial charge in [-0.15, -0.1) is 0 Å². The highest BCUT2D eigenvalue weighted by Gasteiger charge is 2.30. The van der Waals surface area contributed by atoms with Gasteiger partial charge in [0.1, 0.15) is 0 Å². The highest BCUT2D eigenvalue weighted by atomic mass is 19.4. The monoisotopic (exact) mass is 280 g/mol. The van der Waals surface area contributed by atoms with Crippen LogP contribution in [0.4, 0.5) is 13.2 Å². The fourth-order valence-corrected chi connectivity index (χ4v) is 2.14. The lowest BCUT2D eigenvalue weighted by Gasteiger charge is -2.18. The zero-order chi connectivity index (χ0) is 14.8. The molecule has 2 aromatic rings. The fraction of sp³-hybridized carbons (Fsp3) is 0.267. The third-order valence-electron chi connectivity index (χ3n) is 3.11. The van der Waals surface area contributed by atoms with Crippen molar-refractivity contribution in [2.24, 2.45) is 0 Å². The van der Waals surface area contributed by atoms with E-state index in [1.165, 1.54) is 12.1 Å². The van der Waals surface area contributed by atoms with Crippen LogP contribution in [0.3, 0.4) is 0 Å². The van der Waals surface area contributed by atoms with Gasteiger partial charge < -0.3 is 5.32 Å². The number of rotatable bonds is 3. The van der Waals surface area contributed by atoms with Crippen molar-refractivity contribution in [2.75, 3.05) is 7.05 Å². The van der Waals surface area contributed by atoms with Crippen molar-refractivity contribution in [3.63, 3.8) is 0 Å². The molecule has 0 bridgehead atoms. The van der Waals surface area contributed by atoms with Crippen molar-refractivity contribution < 1.29 is 13.2 Å². The Morgan fingerprint density at radius 1 is 1.05 bits per heavy atom. The van der Waals surface area contributed by atoms with E-state index in [4.69, 9.17) is 0 Å². The Hall–Kier alpha value is -1.88. The van der Waals surface area contributed by atoms with E-state index >= 15 is 0 Å². The van der Waals surface area contributed by atoms with Gasteiger partial charge in [0.2, 0.25) is 0 Å². The van der Waals surface area contributed by atoms with Crippen LogP contribution in [0.1, 0.15) is 28.4 Å². The van der Waals surface area contributed by atoms with Crippen LogP contribution in [0.2, 0.25) is 0 Å². The summed E-state index contributed by atoms with van der Waals surface area (Å²) in [5.74, 6) is 0. The number of pyridine rings is 1. The molecule has 1 aromatic heterocycles. The smallest absolute Gasteiger partial charge is 0.309 e. The molecule has 1 N–H and O–H groups in total. The lowest BCUT2D eigenvalue weighted by Crippen LogP contribution is -2.18. The zero-order valence-corrected chi connectivity index (χ0v) is 11.2. The molecular formula is C15H15F3N2. The van der Waals surface area contributed by atoms with E-state index in [0.29, 0.717) is 0 Å². The first-order valence-corrected chi connectivity index (χ1v) is 6.19. The van der Waals surface area contributed by atoms with Crippen LogP contribution < -0.4 is 5.32 Å². The predicted octanol–water partition coefficient (Wildman–Crippen LogP) is 3.72. The van der Waals surface area contributed by atoms with Crippen molar-refractivity contribution in [3.05, 3.63) is 65.0 Å². The molecule has 2 rings (SSSR count). The molecule has 0 amide bonds. The van der Waals surface area contributed by atoms with Crippen LogP contribution in [0.15, 0.2) is 42.6 Å². The van der Waals surface area contributed by atoms with E-state index in [9.17, 15) is 13.2 Å². The second-order valence-corrected chi connectivity index (χ2v) is 4.57. The van der Waals surface area contributed by atoms with Crippen molar-refractivity contribution in [2.45, 2.75) is 19.1 Å². The molecule has 0 saturated heterocycles. The Bertz CT molecular complexity index is 576. The number of halogens is 3. The molecule has 0 saturated carbocycles. The van der Waals surface area contributed by atoms with Gasteiger partial charge >= 0.3 is 6.18 Å². The number of hydrogen-bond acceptors (Lipinski definition) is 2. The quantitative estimate of drug-likeness (QED) is 0.927. The molecule has 20 heavy (non-hydrogen) atoms. The first kappa shape index (κ1) is 14.5. The molecule has 0 radical (unpaired) electrons. The fourth-order valence-electron chi connectivity index (χ4n) is 2.14. The zero-order valence-electron chi connectivity index (χ0n) is 11.2. The van der Waals surface area contributed by atoms with E-state index in [-0.39, 0.29) is 6.04 Å². The maximum atomic E-state index is 12.6. The minimum atomic E-state index is -4.30. The molecule has 1 heterocycles. The highest BCUT2D eigenvalue weighted by molar-refractivity contribution is 5.34. The molecule has 106 valence electrons. The SMILES string of the molecule is CNC(c1ccc(C(F)(F)F)cc1)c1ccnc(C)c1. The maximum Gasteiger partial charge on any atom is 0.416 e. The first-order valence-electron chi connectivity index (χ1n) is 6.19. The second-order valence-electron chi connectivity index (χ2n) is 4.57. The summed E-state index contributed by atoms with van der Waals surface area (Å²) in [6.07, 6.45) is -2.61. The normalized spacial score (nSPS) is 13.2. The number of hydrogen-bond donors (Lipinski definition) is 1. The van der Waals surface area contributed by atoms with E-state index in [1.54, 1.807) is 13.2 Å². The van der Waals surface area contributed by atoms with Gasteiger partial charge in [-0.3, -0.25) is 4.98 Å². The predicted molar refractivity (Wildman–Crippen MR) is 71.3 cm³/mol. The van der Waals surface area contributed by atoms with E-state index < -0.39 is 11.7 Å². The molecule has 0 aliphatic rings. The Labute approximate surface area is 115 Å². The van der Waals surface area contributed by atoms with Crippen molar-refractivity contribution in [1.82, 2.24) is 10.3 Å². The number of nitrogens with zero attached hydrogens (tertiary/aromatic N) is 1. The Balaban J connectivity index is 2.33.